The first kappa shape index (κ1) is 13.3. The predicted octanol–water partition coefficient (Wildman–Crippen LogP) is 2.18. The summed E-state index contributed by atoms with van der Waals surface area (Å²) in [7, 11) is 0. The van der Waals surface area contributed by atoms with Crippen molar-refractivity contribution in [3.05, 3.63) is 12.2 Å². The topological polar surface area (TPSA) is 63.6 Å². The van der Waals surface area contributed by atoms with Gasteiger partial charge in [0.1, 0.15) is 6.29 Å². The number of hydrogen-bond donors (Lipinski definition) is 1. The van der Waals surface area contributed by atoms with Gasteiger partial charge in [-0.2, -0.15) is 0 Å². The fraction of sp³-hybridized carbons (Fsp3) is 0.714. The second-order valence-electron chi connectivity index (χ2n) is 5.15. The molecule has 0 unspecified atom stereocenters. The first-order valence-corrected chi connectivity index (χ1v) is 6.71. The minimum absolute atomic E-state index is 0.0269. The van der Waals surface area contributed by atoms with Gasteiger partial charge in [-0.05, 0) is 32.1 Å². The number of hydrogen-bond acceptors (Lipinski definition) is 3. The summed E-state index contributed by atoms with van der Waals surface area (Å²) >= 11 is 0. The van der Waals surface area contributed by atoms with Crippen LogP contribution in [0.4, 0.5) is 0 Å². The van der Waals surface area contributed by atoms with Crippen molar-refractivity contribution >= 4 is 12.3 Å². The molecule has 4 nitrogen and oxygen atoms in total. The van der Waals surface area contributed by atoms with Crippen molar-refractivity contribution in [3.63, 3.8) is 0 Å². The number of carboxylic acids is 1. The number of unbranched alkanes of at least 4 members (excludes halogenated alkanes) is 2. The van der Waals surface area contributed by atoms with Crippen LogP contribution in [0.5, 0.6) is 0 Å². The monoisotopic (exact) mass is 252 g/mol. The van der Waals surface area contributed by atoms with Crippen LogP contribution in [-0.4, -0.2) is 29.6 Å². The number of aldehydes is 1. The van der Waals surface area contributed by atoms with E-state index in [9.17, 15) is 9.59 Å². The zero-order chi connectivity index (χ0) is 13.0. The Balaban J connectivity index is 1.72. The number of carbonyl (C=O) groups excluding carboxylic acids is 1. The molecule has 2 fully saturated rings. The van der Waals surface area contributed by atoms with Crippen molar-refractivity contribution in [3.8, 4) is 0 Å². The molecule has 2 saturated heterocycles. The minimum atomic E-state index is -0.735. The second kappa shape index (κ2) is 6.14. The van der Waals surface area contributed by atoms with Crippen LogP contribution in [0.2, 0.25) is 0 Å². The highest BCUT2D eigenvalue weighted by molar-refractivity contribution is 5.66. The van der Waals surface area contributed by atoms with Crippen molar-refractivity contribution in [1.29, 1.82) is 0 Å². The zero-order valence-electron chi connectivity index (χ0n) is 10.5. The first-order chi connectivity index (χ1) is 8.72. The van der Waals surface area contributed by atoms with Gasteiger partial charge in [-0.1, -0.05) is 12.2 Å². The maximum absolute atomic E-state index is 11.0. The summed E-state index contributed by atoms with van der Waals surface area (Å²) in [6.45, 7) is 0. The van der Waals surface area contributed by atoms with Crippen molar-refractivity contribution in [2.45, 2.75) is 50.7 Å². The molecule has 2 rings (SSSR count). The Morgan fingerprint density at radius 3 is 2.61 bits per heavy atom. The molecular weight excluding hydrogens is 232 g/mol. The number of carboxylic acid groups (broad SMARTS) is 1. The largest absolute Gasteiger partial charge is 0.481 e. The van der Waals surface area contributed by atoms with Crippen LogP contribution in [-0.2, 0) is 14.3 Å². The summed E-state index contributed by atoms with van der Waals surface area (Å²) in [4.78, 5) is 21.4. The van der Waals surface area contributed by atoms with Gasteiger partial charge >= 0.3 is 5.97 Å². The van der Waals surface area contributed by atoms with Gasteiger partial charge in [0.2, 0.25) is 0 Å². The van der Waals surface area contributed by atoms with E-state index in [4.69, 9.17) is 9.84 Å². The summed E-state index contributed by atoms with van der Waals surface area (Å²) in [5.41, 5.74) is 0. The van der Waals surface area contributed by atoms with E-state index < -0.39 is 5.97 Å². The lowest BCUT2D eigenvalue weighted by Crippen LogP contribution is -2.26. The molecule has 0 aromatic carbocycles. The molecule has 2 aliphatic heterocycles. The highest BCUT2D eigenvalue weighted by Gasteiger charge is 2.47. The minimum Gasteiger partial charge on any atom is -0.481 e. The van der Waals surface area contributed by atoms with E-state index in [2.05, 4.69) is 12.2 Å². The third kappa shape index (κ3) is 2.99. The smallest absolute Gasteiger partial charge is 0.303 e. The van der Waals surface area contributed by atoms with Crippen molar-refractivity contribution in [2.24, 2.45) is 11.8 Å². The maximum atomic E-state index is 11.0. The molecule has 4 heteroatoms. The van der Waals surface area contributed by atoms with E-state index in [1.165, 1.54) is 0 Å². The highest BCUT2D eigenvalue weighted by atomic mass is 16.5. The number of carbonyl (C=O) groups is 2. The van der Waals surface area contributed by atoms with Crippen LogP contribution in [0.1, 0.15) is 38.5 Å². The molecule has 18 heavy (non-hydrogen) atoms. The van der Waals surface area contributed by atoms with Crippen LogP contribution < -0.4 is 0 Å². The Kier molecular flexibility index (Phi) is 4.53. The van der Waals surface area contributed by atoms with E-state index >= 15 is 0 Å². The molecule has 0 aromatic rings. The van der Waals surface area contributed by atoms with Crippen LogP contribution in [0.3, 0.4) is 0 Å². The standard InChI is InChI=1S/C14H20O4/c15-9-11-10(12-7-8-13(11)18-12)5-3-1-2-4-6-14(16)17/h3,5,9-13H,1-2,4,6-8H2,(H,16,17)/b5-3-/t10-,11+,12-,13+/m1/s1. The Morgan fingerprint density at radius 2 is 1.94 bits per heavy atom. The summed E-state index contributed by atoms with van der Waals surface area (Å²) < 4.78 is 5.74. The number of fused-ring (bicyclic) bond motifs is 2. The van der Waals surface area contributed by atoms with Gasteiger partial charge in [-0.3, -0.25) is 4.79 Å². The number of ether oxygens (including phenoxy) is 1. The molecule has 0 aromatic heterocycles. The average Bonchev–Trinajstić information content (AvgIpc) is 2.93. The number of aliphatic carboxylic acids is 1. The lowest BCUT2D eigenvalue weighted by Gasteiger charge is -2.20. The second-order valence-corrected chi connectivity index (χ2v) is 5.15. The van der Waals surface area contributed by atoms with Crippen LogP contribution in [0.15, 0.2) is 12.2 Å². The molecule has 0 amide bonds. The van der Waals surface area contributed by atoms with Gasteiger partial charge in [0.05, 0.1) is 12.2 Å². The van der Waals surface area contributed by atoms with E-state index in [1.807, 2.05) is 0 Å². The summed E-state index contributed by atoms with van der Waals surface area (Å²) in [6.07, 6.45) is 10.4. The molecule has 2 bridgehead atoms. The molecule has 4 atom stereocenters. The quantitative estimate of drug-likeness (QED) is 0.428. The molecule has 0 spiro atoms. The highest BCUT2D eigenvalue weighted by Crippen LogP contribution is 2.43. The van der Waals surface area contributed by atoms with Crippen LogP contribution >= 0.6 is 0 Å². The third-order valence-corrected chi connectivity index (χ3v) is 3.92. The van der Waals surface area contributed by atoms with Crippen molar-refractivity contribution < 1.29 is 19.4 Å². The van der Waals surface area contributed by atoms with E-state index in [0.29, 0.717) is 6.42 Å². The number of rotatable bonds is 7. The summed E-state index contributed by atoms with van der Waals surface area (Å²) in [5, 5.41) is 8.51. The van der Waals surface area contributed by atoms with Crippen molar-refractivity contribution in [1.82, 2.24) is 0 Å². The van der Waals surface area contributed by atoms with E-state index in [1.54, 1.807) is 0 Å². The van der Waals surface area contributed by atoms with E-state index in [-0.39, 0.29) is 30.5 Å². The molecule has 0 saturated carbocycles. The molecule has 100 valence electrons. The normalized spacial score (nSPS) is 34.2. The Bertz CT molecular complexity index is 337. The van der Waals surface area contributed by atoms with Crippen LogP contribution in [0, 0.1) is 11.8 Å². The fourth-order valence-corrected chi connectivity index (χ4v) is 2.97. The fourth-order valence-electron chi connectivity index (χ4n) is 2.97. The summed E-state index contributed by atoms with van der Waals surface area (Å²) in [6, 6.07) is 0. The molecule has 1 N–H and O–H groups in total. The zero-order valence-corrected chi connectivity index (χ0v) is 10.5. The lowest BCUT2D eigenvalue weighted by atomic mass is 9.80. The first-order valence-electron chi connectivity index (χ1n) is 6.71. The Labute approximate surface area is 107 Å². The predicted molar refractivity (Wildman–Crippen MR) is 66.2 cm³/mol. The Morgan fingerprint density at radius 1 is 1.22 bits per heavy atom. The van der Waals surface area contributed by atoms with Gasteiger partial charge in [0, 0.05) is 18.3 Å². The van der Waals surface area contributed by atoms with Gasteiger partial charge in [-0.15, -0.1) is 0 Å². The number of allylic oxidation sites excluding steroid dienone is 1. The lowest BCUT2D eigenvalue weighted by molar-refractivity contribution is -0.137. The van der Waals surface area contributed by atoms with Crippen molar-refractivity contribution in [2.75, 3.05) is 0 Å². The van der Waals surface area contributed by atoms with Crippen LogP contribution in [0.25, 0.3) is 0 Å². The van der Waals surface area contributed by atoms with Gasteiger partial charge in [-0.25, -0.2) is 0 Å². The molecular formula is C14H20O4. The Hall–Kier alpha value is -1.16. The molecule has 2 heterocycles. The average molecular weight is 252 g/mol. The van der Waals surface area contributed by atoms with Gasteiger partial charge in [0.15, 0.2) is 0 Å². The molecule has 0 aliphatic carbocycles. The van der Waals surface area contributed by atoms with Gasteiger partial charge in [0.25, 0.3) is 0 Å². The summed E-state index contributed by atoms with van der Waals surface area (Å²) in [5.74, 6) is -0.471. The molecule has 2 aliphatic rings. The maximum Gasteiger partial charge on any atom is 0.303 e. The molecule has 0 radical (unpaired) electrons. The third-order valence-electron chi connectivity index (χ3n) is 3.92. The SMILES string of the molecule is O=C[C@H]1[C@@H](/C=C\CCCCC(=O)O)[C@H]2CC[C@@H]1O2. The van der Waals surface area contributed by atoms with E-state index in [0.717, 1.165) is 32.0 Å². The van der Waals surface area contributed by atoms with Gasteiger partial charge < -0.3 is 14.6 Å².